The van der Waals surface area contributed by atoms with E-state index in [1.807, 2.05) is 56.3 Å². The molecule has 0 saturated heterocycles. The monoisotopic (exact) mass is 481 g/mol. The Balaban J connectivity index is 1.64. The molecule has 1 aliphatic rings. The molecular formula is C23H21Cl2N7O. The summed E-state index contributed by atoms with van der Waals surface area (Å²) in [5.41, 5.74) is 6.16. The number of aromatic nitrogens is 2. The van der Waals surface area contributed by atoms with E-state index in [1.165, 1.54) is 0 Å². The molecule has 0 spiro atoms. The van der Waals surface area contributed by atoms with E-state index in [1.54, 1.807) is 29.4 Å². The third-order valence-electron chi connectivity index (χ3n) is 4.72. The van der Waals surface area contributed by atoms with Crippen molar-refractivity contribution in [3.63, 3.8) is 0 Å². The fourth-order valence-corrected chi connectivity index (χ4v) is 3.61. The highest BCUT2D eigenvalue weighted by Crippen LogP contribution is 2.26. The molecule has 168 valence electrons. The zero-order valence-electron chi connectivity index (χ0n) is 17.9. The van der Waals surface area contributed by atoms with Gasteiger partial charge in [-0.3, -0.25) is 5.32 Å². The van der Waals surface area contributed by atoms with E-state index in [2.05, 4.69) is 31.0 Å². The Morgan fingerprint density at radius 1 is 1.03 bits per heavy atom. The van der Waals surface area contributed by atoms with Gasteiger partial charge in [-0.2, -0.15) is 4.99 Å². The lowest BCUT2D eigenvalue weighted by molar-refractivity contribution is 0.252. The Hall–Kier alpha value is -3.62. The molecule has 2 heterocycles. The summed E-state index contributed by atoms with van der Waals surface area (Å²) in [5, 5.41) is 7.99. The first-order valence-corrected chi connectivity index (χ1v) is 10.9. The van der Waals surface area contributed by atoms with Gasteiger partial charge in [0.25, 0.3) is 5.95 Å². The zero-order valence-corrected chi connectivity index (χ0v) is 19.4. The molecule has 1 aliphatic heterocycles. The average molecular weight is 482 g/mol. The molecule has 8 nitrogen and oxygen atoms in total. The molecule has 0 radical (unpaired) electrons. The largest absolute Gasteiger partial charge is 0.326 e. The summed E-state index contributed by atoms with van der Waals surface area (Å²) in [4.78, 5) is 26.2. The maximum atomic E-state index is 12.8. The van der Waals surface area contributed by atoms with E-state index in [0.717, 1.165) is 17.0 Å². The number of rotatable bonds is 3. The lowest BCUT2D eigenvalue weighted by Gasteiger charge is -2.27. The number of anilines is 1. The van der Waals surface area contributed by atoms with Crippen molar-refractivity contribution in [2.45, 2.75) is 19.9 Å². The molecule has 3 N–H and O–H groups in total. The van der Waals surface area contributed by atoms with E-state index in [4.69, 9.17) is 23.2 Å². The second kappa shape index (κ2) is 9.89. The Morgan fingerprint density at radius 3 is 2.45 bits per heavy atom. The SMILES string of the molecule is Cc1cc(C)nc(/N=C(\NC(=O)Nc2ccc(Cl)c(Cl)c2)N2NC=C[C@@H]2c2ccccc2)n1. The van der Waals surface area contributed by atoms with E-state index < -0.39 is 6.03 Å². The Kier molecular flexibility index (Phi) is 6.76. The molecule has 0 fully saturated rings. The smallest absolute Gasteiger partial charge is 0.308 e. The summed E-state index contributed by atoms with van der Waals surface area (Å²) in [6, 6.07) is 15.8. The summed E-state index contributed by atoms with van der Waals surface area (Å²) in [6.45, 7) is 3.72. The molecule has 0 aliphatic carbocycles. The predicted molar refractivity (Wildman–Crippen MR) is 131 cm³/mol. The average Bonchev–Trinajstić information content (AvgIpc) is 3.26. The molecule has 4 rings (SSSR count). The fourth-order valence-electron chi connectivity index (χ4n) is 3.32. The molecule has 2 amide bonds. The Labute approximate surface area is 201 Å². The number of benzene rings is 2. The van der Waals surface area contributed by atoms with Crippen molar-refractivity contribution in [3.8, 4) is 0 Å². The van der Waals surface area contributed by atoms with Crippen molar-refractivity contribution >= 4 is 46.8 Å². The minimum Gasteiger partial charge on any atom is -0.308 e. The van der Waals surface area contributed by atoms with Crippen LogP contribution in [-0.2, 0) is 0 Å². The number of halogens is 2. The molecule has 10 heteroatoms. The van der Waals surface area contributed by atoms with Crippen LogP contribution in [0.25, 0.3) is 0 Å². The fraction of sp³-hybridized carbons (Fsp3) is 0.130. The maximum Gasteiger partial charge on any atom is 0.326 e. The van der Waals surface area contributed by atoms with Gasteiger partial charge in [-0.1, -0.05) is 53.5 Å². The van der Waals surface area contributed by atoms with Crippen LogP contribution in [0.4, 0.5) is 16.4 Å². The van der Waals surface area contributed by atoms with Crippen LogP contribution in [0.15, 0.2) is 71.9 Å². The number of aryl methyl sites for hydroxylation is 2. The lowest BCUT2D eigenvalue weighted by atomic mass is 10.1. The van der Waals surface area contributed by atoms with Crippen molar-refractivity contribution in [1.82, 2.24) is 25.7 Å². The van der Waals surface area contributed by atoms with Gasteiger partial charge in [-0.15, -0.1) is 0 Å². The van der Waals surface area contributed by atoms with Crippen molar-refractivity contribution in [1.29, 1.82) is 0 Å². The zero-order chi connectivity index (χ0) is 23.4. The molecule has 0 saturated carbocycles. The van der Waals surface area contributed by atoms with Crippen LogP contribution < -0.4 is 16.1 Å². The highest BCUT2D eigenvalue weighted by atomic mass is 35.5. The normalized spacial score (nSPS) is 15.3. The molecule has 33 heavy (non-hydrogen) atoms. The van der Waals surface area contributed by atoms with Crippen LogP contribution in [0.2, 0.25) is 10.0 Å². The minimum absolute atomic E-state index is 0.207. The molecular weight excluding hydrogens is 461 g/mol. The molecule has 3 aromatic rings. The predicted octanol–water partition coefficient (Wildman–Crippen LogP) is 5.28. The number of hydrogen-bond acceptors (Lipinski definition) is 5. The van der Waals surface area contributed by atoms with Crippen LogP contribution in [-0.4, -0.2) is 27.0 Å². The van der Waals surface area contributed by atoms with Crippen molar-refractivity contribution in [3.05, 3.63) is 93.9 Å². The van der Waals surface area contributed by atoms with Gasteiger partial charge in [0, 0.05) is 23.3 Å². The van der Waals surface area contributed by atoms with Crippen molar-refractivity contribution in [2.75, 3.05) is 5.32 Å². The van der Waals surface area contributed by atoms with Crippen molar-refractivity contribution < 1.29 is 4.79 Å². The van der Waals surface area contributed by atoms with E-state index in [9.17, 15) is 4.79 Å². The Bertz CT molecular complexity index is 1210. The first-order chi connectivity index (χ1) is 15.9. The van der Waals surface area contributed by atoms with Crippen LogP contribution in [0.5, 0.6) is 0 Å². The number of carbonyl (C=O) groups is 1. The number of hydrogen-bond donors (Lipinski definition) is 3. The van der Waals surface area contributed by atoms with E-state index >= 15 is 0 Å². The minimum atomic E-state index is -0.517. The quantitative estimate of drug-likeness (QED) is 0.349. The molecule has 2 aromatic carbocycles. The second-order valence-electron chi connectivity index (χ2n) is 7.31. The van der Waals surface area contributed by atoms with Crippen molar-refractivity contribution in [2.24, 2.45) is 4.99 Å². The van der Waals surface area contributed by atoms with Gasteiger partial charge >= 0.3 is 6.03 Å². The summed E-state index contributed by atoms with van der Waals surface area (Å²) < 4.78 is 0. The third-order valence-corrected chi connectivity index (χ3v) is 5.46. The highest BCUT2D eigenvalue weighted by Gasteiger charge is 2.27. The number of nitrogens with zero attached hydrogens (tertiary/aromatic N) is 4. The van der Waals surface area contributed by atoms with E-state index in [-0.39, 0.29) is 17.9 Å². The summed E-state index contributed by atoms with van der Waals surface area (Å²) in [6.07, 6.45) is 3.75. The Morgan fingerprint density at radius 2 is 1.76 bits per heavy atom. The number of nitrogens with one attached hydrogen (secondary N) is 3. The van der Waals surface area contributed by atoms with Crippen LogP contribution >= 0.6 is 23.2 Å². The molecule has 0 bridgehead atoms. The van der Waals surface area contributed by atoms with E-state index in [0.29, 0.717) is 15.7 Å². The first kappa shape index (κ1) is 22.6. The number of hydrazine groups is 1. The standard InChI is InChI=1S/C23H21Cl2N7O/c1-14-12-15(2)28-21(27-14)30-22(31-23(33)29-17-8-9-18(24)19(25)13-17)32-20(10-11-26-32)16-6-4-3-5-7-16/h3-13,20,26H,1-2H3,(H2,27,28,29,30,31,33)/t20-/m1/s1. The number of guanidine groups is 1. The number of carbonyl (C=O) groups excluding carboxylic acids is 1. The molecule has 0 unspecified atom stereocenters. The second-order valence-corrected chi connectivity index (χ2v) is 8.12. The van der Waals surface area contributed by atoms with Gasteiger partial charge in [-0.25, -0.2) is 19.8 Å². The highest BCUT2D eigenvalue weighted by molar-refractivity contribution is 6.42. The van der Waals surface area contributed by atoms with Gasteiger partial charge in [0.1, 0.15) is 0 Å². The summed E-state index contributed by atoms with van der Waals surface area (Å²) >= 11 is 12.0. The summed E-state index contributed by atoms with van der Waals surface area (Å²) in [5.74, 6) is 0.453. The molecule has 1 aromatic heterocycles. The number of amides is 2. The number of urea groups is 1. The topological polar surface area (TPSA) is 94.5 Å². The van der Waals surface area contributed by atoms with Gasteiger partial charge in [0.05, 0.1) is 16.1 Å². The third kappa shape index (κ3) is 5.60. The first-order valence-electron chi connectivity index (χ1n) is 10.1. The maximum absolute atomic E-state index is 12.8. The van der Waals surface area contributed by atoms with Gasteiger partial charge in [-0.05, 0) is 49.8 Å². The number of aliphatic imine (C=N–C) groups is 1. The van der Waals surface area contributed by atoms with Gasteiger partial charge in [0.2, 0.25) is 5.96 Å². The van der Waals surface area contributed by atoms with Crippen LogP contribution in [0.1, 0.15) is 23.0 Å². The van der Waals surface area contributed by atoms with Gasteiger partial charge < -0.3 is 10.7 Å². The molecule has 1 atom stereocenters. The van der Waals surface area contributed by atoms with Crippen LogP contribution in [0.3, 0.4) is 0 Å². The lowest BCUT2D eigenvalue weighted by Crippen LogP contribution is -2.49. The van der Waals surface area contributed by atoms with Gasteiger partial charge in [0.15, 0.2) is 0 Å². The van der Waals surface area contributed by atoms with Crippen LogP contribution in [0, 0.1) is 13.8 Å². The summed E-state index contributed by atoms with van der Waals surface area (Å²) in [7, 11) is 0.